The molecule has 18 heavy (non-hydrogen) atoms. The number of para-hydroxylation sites is 1. The van der Waals surface area contributed by atoms with E-state index in [4.69, 9.17) is 4.74 Å². The second-order valence-corrected chi connectivity index (χ2v) is 4.79. The molecule has 0 aliphatic carbocycles. The zero-order valence-electron chi connectivity index (χ0n) is 10.4. The molecule has 1 aromatic heterocycles. The molecule has 3 rings (SSSR count). The smallest absolute Gasteiger partial charge is 0.144 e. The summed E-state index contributed by atoms with van der Waals surface area (Å²) in [6.07, 6.45) is 1.26. The lowest BCUT2D eigenvalue weighted by molar-refractivity contribution is -0.122. The lowest BCUT2D eigenvalue weighted by Crippen LogP contribution is -2.17. The van der Waals surface area contributed by atoms with Crippen molar-refractivity contribution in [2.45, 2.75) is 12.8 Å². The molecule has 4 heteroatoms. The molecule has 2 aromatic rings. The number of Topliss-reactive ketones (excluding diaryl/α,β-unsaturated/α-hetero) is 1. The number of benzene rings is 1. The van der Waals surface area contributed by atoms with E-state index in [1.807, 2.05) is 36.0 Å². The number of nitrogens with zero attached hydrogens (tertiary/aromatic N) is 2. The van der Waals surface area contributed by atoms with Gasteiger partial charge in [-0.05, 0) is 12.5 Å². The van der Waals surface area contributed by atoms with Crippen LogP contribution < -0.4 is 0 Å². The van der Waals surface area contributed by atoms with Crippen LogP contribution in [0.15, 0.2) is 24.3 Å². The molecule has 1 atom stereocenters. The van der Waals surface area contributed by atoms with Crippen LogP contribution in [0.1, 0.15) is 12.1 Å². The van der Waals surface area contributed by atoms with Crippen LogP contribution in [0.25, 0.3) is 10.9 Å². The lowest BCUT2D eigenvalue weighted by Gasteiger charge is -2.04. The molecular weight excluding hydrogens is 228 g/mol. The van der Waals surface area contributed by atoms with Gasteiger partial charge >= 0.3 is 0 Å². The molecule has 0 saturated carbocycles. The Labute approximate surface area is 106 Å². The predicted molar refractivity (Wildman–Crippen MR) is 68.4 cm³/mol. The highest BCUT2D eigenvalue weighted by Crippen LogP contribution is 2.21. The first-order chi connectivity index (χ1) is 8.75. The van der Waals surface area contributed by atoms with Crippen molar-refractivity contribution in [1.82, 2.24) is 9.78 Å². The standard InChI is InChI=1S/C14H16N2O2/c1-16-13-5-3-2-4-11(13)12(15-16)8-14(17)10-6-7-18-9-10/h2-5,10H,6-9H2,1H3. The van der Waals surface area contributed by atoms with E-state index < -0.39 is 0 Å². The molecule has 2 heterocycles. The first-order valence-corrected chi connectivity index (χ1v) is 6.27. The largest absolute Gasteiger partial charge is 0.381 e. The van der Waals surface area contributed by atoms with E-state index in [0.717, 1.165) is 23.0 Å². The highest BCUT2D eigenvalue weighted by molar-refractivity contribution is 5.89. The van der Waals surface area contributed by atoms with Gasteiger partial charge in [-0.15, -0.1) is 0 Å². The van der Waals surface area contributed by atoms with Crippen LogP contribution in [0, 0.1) is 5.92 Å². The van der Waals surface area contributed by atoms with E-state index in [1.165, 1.54) is 0 Å². The van der Waals surface area contributed by atoms with Crippen molar-refractivity contribution < 1.29 is 9.53 Å². The summed E-state index contributed by atoms with van der Waals surface area (Å²) in [5.74, 6) is 0.308. The molecule has 1 aliphatic heterocycles. The highest BCUT2D eigenvalue weighted by atomic mass is 16.5. The van der Waals surface area contributed by atoms with Gasteiger partial charge in [-0.3, -0.25) is 9.48 Å². The van der Waals surface area contributed by atoms with Crippen molar-refractivity contribution in [2.24, 2.45) is 13.0 Å². The minimum Gasteiger partial charge on any atom is -0.381 e. The zero-order valence-corrected chi connectivity index (χ0v) is 10.4. The molecule has 0 N–H and O–H groups in total. The monoisotopic (exact) mass is 244 g/mol. The number of ketones is 1. The average Bonchev–Trinajstić information content (AvgIpc) is 3.00. The summed E-state index contributed by atoms with van der Waals surface area (Å²) >= 11 is 0. The van der Waals surface area contributed by atoms with Gasteiger partial charge in [0.25, 0.3) is 0 Å². The van der Waals surface area contributed by atoms with Crippen LogP contribution >= 0.6 is 0 Å². The first-order valence-electron chi connectivity index (χ1n) is 6.27. The van der Waals surface area contributed by atoms with Crippen molar-refractivity contribution in [3.05, 3.63) is 30.0 Å². The molecule has 1 aliphatic rings. The number of rotatable bonds is 3. The summed E-state index contributed by atoms with van der Waals surface area (Å²) in [7, 11) is 1.91. The number of ether oxygens (including phenoxy) is 1. The molecule has 0 amide bonds. The van der Waals surface area contributed by atoms with Gasteiger partial charge in [0, 0.05) is 25.0 Å². The minimum atomic E-state index is 0.0609. The van der Waals surface area contributed by atoms with Gasteiger partial charge in [-0.1, -0.05) is 18.2 Å². The molecule has 4 nitrogen and oxygen atoms in total. The Morgan fingerprint density at radius 1 is 1.50 bits per heavy atom. The fourth-order valence-electron chi connectivity index (χ4n) is 2.52. The van der Waals surface area contributed by atoms with Crippen LogP contribution in [-0.4, -0.2) is 28.8 Å². The average molecular weight is 244 g/mol. The van der Waals surface area contributed by atoms with E-state index >= 15 is 0 Å². The topological polar surface area (TPSA) is 44.1 Å². The van der Waals surface area contributed by atoms with E-state index in [0.29, 0.717) is 19.6 Å². The van der Waals surface area contributed by atoms with Crippen LogP contribution in [0.5, 0.6) is 0 Å². The van der Waals surface area contributed by atoms with E-state index in [9.17, 15) is 4.79 Å². The second kappa shape index (κ2) is 4.53. The van der Waals surface area contributed by atoms with E-state index in [-0.39, 0.29) is 11.7 Å². The van der Waals surface area contributed by atoms with Gasteiger partial charge < -0.3 is 4.74 Å². The van der Waals surface area contributed by atoms with Crippen LogP contribution in [0.3, 0.4) is 0 Å². The second-order valence-electron chi connectivity index (χ2n) is 4.79. The summed E-state index contributed by atoms with van der Waals surface area (Å²) in [5, 5.41) is 5.53. The Morgan fingerprint density at radius 3 is 3.11 bits per heavy atom. The number of hydrogen-bond acceptors (Lipinski definition) is 3. The Balaban J connectivity index is 1.88. The number of fused-ring (bicyclic) bond motifs is 1. The SMILES string of the molecule is Cn1nc(CC(=O)C2CCOC2)c2ccccc21. The number of carbonyl (C=O) groups excluding carboxylic acids is 1. The van der Waals surface area contributed by atoms with Crippen LogP contribution in [0.4, 0.5) is 0 Å². The summed E-state index contributed by atoms with van der Waals surface area (Å²) in [6.45, 7) is 1.28. The maximum Gasteiger partial charge on any atom is 0.144 e. The molecule has 0 bridgehead atoms. The van der Waals surface area contributed by atoms with Gasteiger partial charge in [0.2, 0.25) is 0 Å². The third kappa shape index (κ3) is 1.93. The maximum atomic E-state index is 12.1. The fourth-order valence-corrected chi connectivity index (χ4v) is 2.52. The van der Waals surface area contributed by atoms with Crippen LogP contribution in [-0.2, 0) is 23.0 Å². The molecular formula is C14H16N2O2. The van der Waals surface area contributed by atoms with Gasteiger partial charge in [0.05, 0.1) is 24.2 Å². The van der Waals surface area contributed by atoms with Crippen LogP contribution in [0.2, 0.25) is 0 Å². The fraction of sp³-hybridized carbons (Fsp3) is 0.429. The van der Waals surface area contributed by atoms with Crippen molar-refractivity contribution in [3.63, 3.8) is 0 Å². The van der Waals surface area contributed by atoms with E-state index in [2.05, 4.69) is 5.10 Å². The molecule has 94 valence electrons. The number of aryl methyl sites for hydroxylation is 1. The Bertz CT molecular complexity index is 582. The van der Waals surface area contributed by atoms with Crippen molar-refractivity contribution in [1.29, 1.82) is 0 Å². The molecule has 1 saturated heterocycles. The summed E-state index contributed by atoms with van der Waals surface area (Å²) in [4.78, 5) is 12.1. The third-order valence-electron chi connectivity index (χ3n) is 3.56. The minimum absolute atomic E-state index is 0.0609. The van der Waals surface area contributed by atoms with Gasteiger partial charge in [-0.25, -0.2) is 0 Å². The first kappa shape index (κ1) is 11.4. The number of aromatic nitrogens is 2. The molecule has 0 spiro atoms. The van der Waals surface area contributed by atoms with Crippen molar-refractivity contribution >= 4 is 16.7 Å². The normalized spacial score (nSPS) is 19.5. The van der Waals surface area contributed by atoms with E-state index in [1.54, 1.807) is 0 Å². The molecule has 1 fully saturated rings. The molecule has 1 unspecified atom stereocenters. The summed E-state index contributed by atoms with van der Waals surface area (Å²) < 4.78 is 7.10. The maximum absolute atomic E-state index is 12.1. The Kier molecular flexibility index (Phi) is 2.88. The Morgan fingerprint density at radius 2 is 2.33 bits per heavy atom. The third-order valence-corrected chi connectivity index (χ3v) is 3.56. The van der Waals surface area contributed by atoms with Crippen molar-refractivity contribution in [2.75, 3.05) is 13.2 Å². The summed E-state index contributed by atoms with van der Waals surface area (Å²) in [6, 6.07) is 8.02. The molecule has 0 radical (unpaired) electrons. The zero-order chi connectivity index (χ0) is 12.5. The number of carbonyl (C=O) groups is 1. The Hall–Kier alpha value is -1.68. The predicted octanol–water partition coefficient (Wildman–Crippen LogP) is 1.72. The van der Waals surface area contributed by atoms with Gasteiger partial charge in [-0.2, -0.15) is 5.10 Å². The quantitative estimate of drug-likeness (QED) is 0.825. The highest BCUT2D eigenvalue weighted by Gasteiger charge is 2.24. The lowest BCUT2D eigenvalue weighted by atomic mass is 9.98. The summed E-state index contributed by atoms with van der Waals surface area (Å²) in [5.41, 5.74) is 1.95. The van der Waals surface area contributed by atoms with Crippen molar-refractivity contribution in [3.8, 4) is 0 Å². The van der Waals surface area contributed by atoms with Gasteiger partial charge in [0.15, 0.2) is 0 Å². The number of hydrogen-bond donors (Lipinski definition) is 0. The molecule has 1 aromatic carbocycles. The van der Waals surface area contributed by atoms with Gasteiger partial charge in [0.1, 0.15) is 5.78 Å².